The third kappa shape index (κ3) is 2.62. The van der Waals surface area contributed by atoms with Gasteiger partial charge in [0.25, 0.3) is 0 Å². The Kier molecular flexibility index (Phi) is 3.59. The van der Waals surface area contributed by atoms with Gasteiger partial charge < -0.3 is 0 Å². The van der Waals surface area contributed by atoms with Gasteiger partial charge in [-0.05, 0) is 13.3 Å². The molecule has 0 atom stereocenters. The summed E-state index contributed by atoms with van der Waals surface area (Å²) < 4.78 is 39.1. The molecular weight excluding hydrogens is 225 g/mol. The second-order valence-corrected chi connectivity index (χ2v) is 3.81. The minimum atomic E-state index is -4.35. The Morgan fingerprint density at radius 1 is 1.40 bits per heavy atom. The van der Waals surface area contributed by atoms with Crippen molar-refractivity contribution in [2.45, 2.75) is 39.4 Å². The number of alkyl halides is 3. The van der Waals surface area contributed by atoms with Crippen LogP contribution in [-0.4, -0.2) is 9.78 Å². The average Bonchev–Trinajstić information content (AvgIpc) is 2.41. The lowest BCUT2D eigenvalue weighted by Gasteiger charge is -2.04. The smallest absolute Gasteiger partial charge is 0.293 e. The minimum Gasteiger partial charge on any atom is -0.293 e. The molecule has 0 aliphatic rings. The number of nitrogens with one attached hydrogen (secondary N) is 1. The number of halogens is 3. The lowest BCUT2D eigenvalue weighted by atomic mass is 10.3. The molecule has 0 aromatic carbocycles. The lowest BCUT2D eigenvalue weighted by Crippen LogP contribution is -2.09. The van der Waals surface area contributed by atoms with Gasteiger partial charge in [0.1, 0.15) is 10.3 Å². The monoisotopic (exact) mass is 238 g/mol. The van der Waals surface area contributed by atoms with Crippen LogP contribution in [0.2, 0.25) is 0 Å². The summed E-state index contributed by atoms with van der Waals surface area (Å²) in [5, 5.41) is 2.31. The van der Waals surface area contributed by atoms with Crippen LogP contribution >= 0.6 is 12.2 Å². The number of hydrogen-bond acceptors (Lipinski definition) is 1. The molecule has 0 aliphatic carbocycles. The molecule has 0 saturated heterocycles. The molecule has 0 fully saturated rings. The van der Waals surface area contributed by atoms with Gasteiger partial charge in [0.2, 0.25) is 0 Å². The molecule has 1 aromatic rings. The summed E-state index contributed by atoms with van der Waals surface area (Å²) in [4.78, 5) is 0. The van der Waals surface area contributed by atoms with Crippen LogP contribution in [0.15, 0.2) is 0 Å². The van der Waals surface area contributed by atoms with Gasteiger partial charge in [-0.2, -0.15) is 13.2 Å². The largest absolute Gasteiger partial charge is 0.433 e. The van der Waals surface area contributed by atoms with Gasteiger partial charge in [0.05, 0.1) is 0 Å². The summed E-state index contributed by atoms with van der Waals surface area (Å²) in [5.41, 5.74) is -0.628. The van der Waals surface area contributed by atoms with Crippen molar-refractivity contribution in [2.24, 2.45) is 0 Å². The van der Waals surface area contributed by atoms with Crippen LogP contribution in [-0.2, 0) is 12.7 Å². The number of aryl methyl sites for hydroxylation is 1. The molecule has 1 N–H and O–H groups in total. The molecule has 0 amide bonds. The van der Waals surface area contributed by atoms with E-state index in [4.69, 9.17) is 12.2 Å². The molecular formula is C9H13F3N2S. The standard InChI is InChI=1S/C9H13F3N2S/c1-3-4-5-14-8(15)6(2)7(13-14)9(10,11)12/h13H,3-5H2,1-2H3. The Morgan fingerprint density at radius 2 is 2.00 bits per heavy atom. The molecule has 0 radical (unpaired) electrons. The van der Waals surface area contributed by atoms with E-state index < -0.39 is 11.9 Å². The molecule has 15 heavy (non-hydrogen) atoms. The van der Waals surface area contributed by atoms with Crippen molar-refractivity contribution in [3.63, 3.8) is 0 Å². The first-order valence-corrected chi connectivity index (χ1v) is 5.15. The molecule has 0 spiro atoms. The van der Waals surface area contributed by atoms with Crippen LogP contribution < -0.4 is 0 Å². The number of nitrogens with zero attached hydrogens (tertiary/aromatic N) is 1. The topological polar surface area (TPSA) is 20.7 Å². The van der Waals surface area contributed by atoms with E-state index in [-0.39, 0.29) is 10.2 Å². The first-order valence-electron chi connectivity index (χ1n) is 4.74. The quantitative estimate of drug-likeness (QED) is 0.797. The van der Waals surface area contributed by atoms with Crippen molar-refractivity contribution < 1.29 is 13.2 Å². The zero-order chi connectivity index (χ0) is 11.6. The summed E-state index contributed by atoms with van der Waals surface area (Å²) in [6.07, 6.45) is -2.62. The van der Waals surface area contributed by atoms with Crippen LogP contribution in [0.1, 0.15) is 31.0 Å². The van der Waals surface area contributed by atoms with Crippen molar-refractivity contribution in [3.8, 4) is 0 Å². The zero-order valence-corrected chi connectivity index (χ0v) is 9.43. The second kappa shape index (κ2) is 4.38. The maximum absolute atomic E-state index is 12.5. The Morgan fingerprint density at radius 3 is 2.40 bits per heavy atom. The highest BCUT2D eigenvalue weighted by molar-refractivity contribution is 7.71. The van der Waals surface area contributed by atoms with E-state index in [0.717, 1.165) is 12.8 Å². The average molecular weight is 238 g/mol. The molecule has 2 nitrogen and oxygen atoms in total. The van der Waals surface area contributed by atoms with Crippen LogP contribution in [0.3, 0.4) is 0 Å². The second-order valence-electron chi connectivity index (χ2n) is 3.42. The van der Waals surface area contributed by atoms with Gasteiger partial charge in [-0.25, -0.2) is 0 Å². The molecule has 0 saturated carbocycles. The minimum absolute atomic E-state index is 0.105. The maximum Gasteiger partial charge on any atom is 0.433 e. The number of H-pyrrole nitrogens is 1. The van der Waals surface area contributed by atoms with E-state index >= 15 is 0 Å². The van der Waals surface area contributed by atoms with Crippen molar-refractivity contribution in [2.75, 3.05) is 0 Å². The number of aromatic nitrogens is 2. The van der Waals surface area contributed by atoms with Crippen molar-refractivity contribution in [1.29, 1.82) is 0 Å². The molecule has 1 heterocycles. The fourth-order valence-corrected chi connectivity index (χ4v) is 1.57. The third-order valence-corrected chi connectivity index (χ3v) is 2.73. The highest BCUT2D eigenvalue weighted by Crippen LogP contribution is 2.30. The van der Waals surface area contributed by atoms with Crippen LogP contribution in [0.4, 0.5) is 13.2 Å². The highest BCUT2D eigenvalue weighted by atomic mass is 32.1. The van der Waals surface area contributed by atoms with Gasteiger partial charge in [-0.15, -0.1) is 0 Å². The number of aromatic amines is 1. The molecule has 0 aliphatic heterocycles. The van der Waals surface area contributed by atoms with E-state index in [2.05, 4.69) is 5.10 Å². The van der Waals surface area contributed by atoms with E-state index in [0.29, 0.717) is 6.54 Å². The summed E-state index contributed by atoms with van der Waals surface area (Å²) in [6, 6.07) is 0. The summed E-state index contributed by atoms with van der Waals surface area (Å²) in [7, 11) is 0. The Hall–Kier alpha value is -0.780. The van der Waals surface area contributed by atoms with Crippen molar-refractivity contribution >= 4 is 12.2 Å². The lowest BCUT2D eigenvalue weighted by molar-refractivity contribution is -0.141. The predicted octanol–water partition coefficient (Wildman–Crippen LogP) is 3.67. The molecule has 6 heteroatoms. The SMILES string of the molecule is CCCCn1[nH]c(C(F)(F)F)c(C)c1=S. The fourth-order valence-electron chi connectivity index (χ4n) is 1.33. The van der Waals surface area contributed by atoms with Gasteiger partial charge in [0, 0.05) is 12.1 Å². The van der Waals surface area contributed by atoms with E-state index in [9.17, 15) is 13.2 Å². The molecule has 1 aromatic heterocycles. The fraction of sp³-hybridized carbons (Fsp3) is 0.667. The van der Waals surface area contributed by atoms with E-state index in [1.54, 1.807) is 0 Å². The van der Waals surface area contributed by atoms with Crippen molar-refractivity contribution in [1.82, 2.24) is 9.78 Å². The summed E-state index contributed by atoms with van der Waals surface area (Å²) in [6.45, 7) is 3.88. The number of hydrogen-bond donors (Lipinski definition) is 1. The first kappa shape index (κ1) is 12.3. The van der Waals surface area contributed by atoms with Gasteiger partial charge in [-0.3, -0.25) is 9.78 Å². The first-order chi connectivity index (χ1) is 6.88. The van der Waals surface area contributed by atoms with Crippen molar-refractivity contribution in [3.05, 3.63) is 15.9 Å². The van der Waals surface area contributed by atoms with E-state index in [1.807, 2.05) is 6.92 Å². The Balaban J connectivity index is 3.08. The van der Waals surface area contributed by atoms with Gasteiger partial charge in [0.15, 0.2) is 0 Å². The zero-order valence-electron chi connectivity index (χ0n) is 8.61. The van der Waals surface area contributed by atoms with Gasteiger partial charge >= 0.3 is 6.18 Å². The number of unbranched alkanes of at least 4 members (excludes halogenated alkanes) is 1. The highest BCUT2D eigenvalue weighted by Gasteiger charge is 2.35. The molecule has 86 valence electrons. The Labute approximate surface area is 91.1 Å². The van der Waals surface area contributed by atoms with Crippen LogP contribution in [0, 0.1) is 11.6 Å². The van der Waals surface area contributed by atoms with Crippen LogP contribution in [0.5, 0.6) is 0 Å². The summed E-state index contributed by atoms with van der Waals surface area (Å²) in [5.74, 6) is 0. The number of rotatable bonds is 3. The summed E-state index contributed by atoms with van der Waals surface area (Å²) >= 11 is 4.93. The molecule has 0 unspecified atom stereocenters. The molecule has 0 bridgehead atoms. The predicted molar refractivity (Wildman–Crippen MR) is 54.3 cm³/mol. The maximum atomic E-state index is 12.5. The Bertz CT molecular complexity index is 389. The third-order valence-electron chi connectivity index (χ3n) is 2.21. The van der Waals surface area contributed by atoms with Crippen LogP contribution in [0.25, 0.3) is 0 Å². The van der Waals surface area contributed by atoms with E-state index in [1.165, 1.54) is 11.6 Å². The molecule has 1 rings (SSSR count). The normalized spacial score (nSPS) is 12.1. The van der Waals surface area contributed by atoms with Gasteiger partial charge in [-0.1, -0.05) is 25.6 Å².